The van der Waals surface area contributed by atoms with E-state index in [0.717, 1.165) is 6.07 Å². The summed E-state index contributed by atoms with van der Waals surface area (Å²) in [7, 11) is 1.68. The molecule has 2 N–H and O–H groups in total. The second-order valence-corrected chi connectivity index (χ2v) is 6.97. The predicted molar refractivity (Wildman–Crippen MR) is 104 cm³/mol. The van der Waals surface area contributed by atoms with E-state index in [0.29, 0.717) is 50.8 Å². The maximum absolute atomic E-state index is 12.9. The first-order chi connectivity index (χ1) is 13.2. The summed E-state index contributed by atoms with van der Waals surface area (Å²) in [4.78, 5) is 19.9. The molecule has 2 rings (SSSR count). The molecule has 28 heavy (non-hydrogen) atoms. The van der Waals surface area contributed by atoms with Crippen LogP contribution in [0.5, 0.6) is 0 Å². The normalized spacial score (nSPS) is 15.8. The number of amides is 1. The molecule has 0 aliphatic carbocycles. The van der Waals surface area contributed by atoms with Crippen molar-refractivity contribution >= 4 is 17.6 Å². The van der Waals surface area contributed by atoms with Crippen LogP contribution in [0.4, 0.5) is 18.9 Å². The molecule has 1 aromatic carbocycles. The lowest BCUT2D eigenvalue weighted by molar-refractivity contribution is -0.137. The van der Waals surface area contributed by atoms with E-state index in [2.05, 4.69) is 15.6 Å². The minimum Gasteiger partial charge on any atom is -0.368 e. The third-order valence-electron chi connectivity index (χ3n) is 4.41. The summed E-state index contributed by atoms with van der Waals surface area (Å²) in [5, 5.41) is 6.01. The summed E-state index contributed by atoms with van der Waals surface area (Å²) >= 11 is 0. The lowest BCUT2D eigenvalue weighted by Crippen LogP contribution is -2.53. The van der Waals surface area contributed by atoms with Gasteiger partial charge in [0.1, 0.15) is 0 Å². The van der Waals surface area contributed by atoms with Crippen LogP contribution in [0.3, 0.4) is 0 Å². The standard InChI is InChI=1S/C19H28F3N5O/c1-14(2)25-17(28)7-8-24-18(23-3)27-11-9-26(10-12-27)16-6-4-5-15(13-16)19(20,21)22/h4-6,13-14H,7-12H2,1-3H3,(H,23,24)(H,25,28). The summed E-state index contributed by atoms with van der Waals surface area (Å²) < 4.78 is 38.7. The fourth-order valence-electron chi connectivity index (χ4n) is 3.07. The maximum Gasteiger partial charge on any atom is 0.416 e. The number of nitrogens with one attached hydrogen (secondary N) is 2. The number of carbonyl (C=O) groups is 1. The average Bonchev–Trinajstić information content (AvgIpc) is 2.64. The van der Waals surface area contributed by atoms with E-state index >= 15 is 0 Å². The van der Waals surface area contributed by atoms with Gasteiger partial charge >= 0.3 is 6.18 Å². The highest BCUT2D eigenvalue weighted by Crippen LogP contribution is 2.31. The Morgan fingerprint density at radius 3 is 2.46 bits per heavy atom. The Labute approximate surface area is 163 Å². The highest BCUT2D eigenvalue weighted by Gasteiger charge is 2.31. The first-order valence-corrected chi connectivity index (χ1v) is 9.38. The Hall–Kier alpha value is -2.45. The van der Waals surface area contributed by atoms with E-state index in [9.17, 15) is 18.0 Å². The van der Waals surface area contributed by atoms with Crippen LogP contribution in [-0.2, 0) is 11.0 Å². The number of hydrogen-bond acceptors (Lipinski definition) is 3. The lowest BCUT2D eigenvalue weighted by Gasteiger charge is -2.37. The largest absolute Gasteiger partial charge is 0.416 e. The van der Waals surface area contributed by atoms with Gasteiger partial charge in [-0.2, -0.15) is 13.2 Å². The van der Waals surface area contributed by atoms with Crippen LogP contribution in [0.25, 0.3) is 0 Å². The molecule has 1 aliphatic heterocycles. The van der Waals surface area contributed by atoms with E-state index in [1.807, 2.05) is 23.6 Å². The van der Waals surface area contributed by atoms with Gasteiger partial charge in [-0.3, -0.25) is 9.79 Å². The van der Waals surface area contributed by atoms with Crippen LogP contribution in [0.1, 0.15) is 25.8 Å². The van der Waals surface area contributed by atoms with Crippen LogP contribution in [-0.4, -0.2) is 62.6 Å². The number of rotatable bonds is 5. The maximum atomic E-state index is 12.9. The van der Waals surface area contributed by atoms with Crippen LogP contribution in [0, 0.1) is 0 Å². The van der Waals surface area contributed by atoms with Crippen molar-refractivity contribution in [2.45, 2.75) is 32.5 Å². The number of carbonyl (C=O) groups excluding carboxylic acids is 1. The molecule has 156 valence electrons. The van der Waals surface area contributed by atoms with Crippen molar-refractivity contribution in [3.8, 4) is 0 Å². The zero-order valence-electron chi connectivity index (χ0n) is 16.5. The summed E-state index contributed by atoms with van der Waals surface area (Å²) in [5.74, 6) is 0.674. The van der Waals surface area contributed by atoms with Gasteiger partial charge in [-0.1, -0.05) is 6.07 Å². The van der Waals surface area contributed by atoms with Crippen molar-refractivity contribution in [2.75, 3.05) is 44.7 Å². The van der Waals surface area contributed by atoms with Gasteiger partial charge in [-0.25, -0.2) is 0 Å². The average molecular weight is 399 g/mol. The number of aliphatic imine (C=N–C) groups is 1. The first-order valence-electron chi connectivity index (χ1n) is 9.38. The smallest absolute Gasteiger partial charge is 0.368 e. The molecule has 0 unspecified atom stereocenters. The predicted octanol–water partition coefficient (Wildman–Crippen LogP) is 2.32. The molecule has 0 saturated carbocycles. The van der Waals surface area contributed by atoms with Gasteiger partial charge in [0.2, 0.25) is 5.91 Å². The number of nitrogens with zero attached hydrogens (tertiary/aromatic N) is 3. The molecule has 1 heterocycles. The minimum atomic E-state index is -4.34. The Bertz CT molecular complexity index is 682. The van der Waals surface area contributed by atoms with Crippen molar-refractivity contribution in [2.24, 2.45) is 4.99 Å². The van der Waals surface area contributed by atoms with Crippen molar-refractivity contribution in [1.82, 2.24) is 15.5 Å². The number of piperazine rings is 1. The molecule has 0 bridgehead atoms. The summed E-state index contributed by atoms with van der Waals surface area (Å²) in [6.07, 6.45) is -3.99. The molecule has 1 aliphatic rings. The molecule has 1 amide bonds. The molecule has 6 nitrogen and oxygen atoms in total. The van der Waals surface area contributed by atoms with Gasteiger partial charge in [0.05, 0.1) is 5.56 Å². The van der Waals surface area contributed by atoms with Gasteiger partial charge in [-0.05, 0) is 32.0 Å². The fourth-order valence-corrected chi connectivity index (χ4v) is 3.07. The second kappa shape index (κ2) is 9.66. The highest BCUT2D eigenvalue weighted by molar-refractivity contribution is 5.81. The molecule has 0 spiro atoms. The van der Waals surface area contributed by atoms with E-state index in [4.69, 9.17) is 0 Å². The van der Waals surface area contributed by atoms with Crippen LogP contribution in [0.2, 0.25) is 0 Å². The molecular formula is C19H28F3N5O. The summed E-state index contributed by atoms with van der Waals surface area (Å²) in [6.45, 7) is 6.75. The molecule has 0 atom stereocenters. The lowest BCUT2D eigenvalue weighted by atomic mass is 10.1. The zero-order valence-corrected chi connectivity index (χ0v) is 16.5. The fraction of sp³-hybridized carbons (Fsp3) is 0.579. The van der Waals surface area contributed by atoms with Gasteiger partial charge in [0.25, 0.3) is 0 Å². The summed E-state index contributed by atoms with van der Waals surface area (Å²) in [5.41, 5.74) is -0.0626. The van der Waals surface area contributed by atoms with Crippen LogP contribution in [0.15, 0.2) is 29.3 Å². The monoisotopic (exact) mass is 399 g/mol. The molecule has 1 saturated heterocycles. The van der Waals surface area contributed by atoms with E-state index in [1.54, 1.807) is 13.1 Å². The van der Waals surface area contributed by atoms with Gasteiger partial charge in [-0.15, -0.1) is 0 Å². The molecule has 9 heteroatoms. The first kappa shape index (κ1) is 21.8. The number of guanidine groups is 1. The molecular weight excluding hydrogens is 371 g/mol. The molecule has 0 aromatic heterocycles. The molecule has 0 radical (unpaired) electrons. The third-order valence-corrected chi connectivity index (χ3v) is 4.41. The molecule has 1 aromatic rings. The van der Waals surface area contributed by atoms with Crippen molar-refractivity contribution in [1.29, 1.82) is 0 Å². The van der Waals surface area contributed by atoms with E-state index in [1.165, 1.54) is 12.1 Å². The van der Waals surface area contributed by atoms with Gasteiger partial charge < -0.3 is 20.4 Å². The van der Waals surface area contributed by atoms with Crippen molar-refractivity contribution < 1.29 is 18.0 Å². The Morgan fingerprint density at radius 1 is 1.21 bits per heavy atom. The topological polar surface area (TPSA) is 60.0 Å². The van der Waals surface area contributed by atoms with E-state index < -0.39 is 11.7 Å². The number of hydrogen-bond donors (Lipinski definition) is 2. The Kier molecular flexibility index (Phi) is 7.53. The molecule has 1 fully saturated rings. The number of halogens is 3. The highest BCUT2D eigenvalue weighted by atomic mass is 19.4. The SMILES string of the molecule is CN=C(NCCC(=O)NC(C)C)N1CCN(c2cccc(C(F)(F)F)c2)CC1. The van der Waals surface area contributed by atoms with Crippen molar-refractivity contribution in [3.05, 3.63) is 29.8 Å². The zero-order chi connectivity index (χ0) is 20.7. The van der Waals surface area contributed by atoms with Crippen molar-refractivity contribution in [3.63, 3.8) is 0 Å². The quantitative estimate of drug-likeness (QED) is 0.589. The third kappa shape index (κ3) is 6.31. The number of benzene rings is 1. The number of alkyl halides is 3. The second-order valence-electron chi connectivity index (χ2n) is 6.97. The van der Waals surface area contributed by atoms with Gasteiger partial charge in [0.15, 0.2) is 5.96 Å². The van der Waals surface area contributed by atoms with Gasteiger partial charge in [0, 0.05) is 57.9 Å². The number of anilines is 1. The Morgan fingerprint density at radius 2 is 1.89 bits per heavy atom. The minimum absolute atomic E-state index is 0.0210. The van der Waals surface area contributed by atoms with E-state index in [-0.39, 0.29) is 11.9 Å². The van der Waals surface area contributed by atoms with Crippen LogP contribution >= 0.6 is 0 Å². The van der Waals surface area contributed by atoms with Crippen LogP contribution < -0.4 is 15.5 Å². The Balaban J connectivity index is 1.86. The summed E-state index contributed by atoms with van der Waals surface area (Å²) in [6, 6.07) is 5.52.